The van der Waals surface area contributed by atoms with Crippen molar-refractivity contribution in [3.8, 4) is 11.8 Å². The summed E-state index contributed by atoms with van der Waals surface area (Å²) in [6, 6.07) is 14.9. The first kappa shape index (κ1) is 19.7. The number of rotatable bonds is 7. The lowest BCUT2D eigenvalue weighted by atomic mass is 10.2. The second-order valence-corrected chi connectivity index (χ2v) is 5.75. The molecule has 29 heavy (non-hydrogen) atoms. The van der Waals surface area contributed by atoms with Gasteiger partial charge in [0.05, 0.1) is 18.1 Å². The van der Waals surface area contributed by atoms with Crippen molar-refractivity contribution in [2.75, 3.05) is 11.9 Å². The molecule has 2 amide bonds. The lowest BCUT2D eigenvalue weighted by Crippen LogP contribution is -2.33. The molecular weight excluding hydrogens is 379 g/mol. The minimum Gasteiger partial charge on any atom is -0.445 e. The number of nitrogens with zero attached hydrogens (tertiary/aromatic N) is 2. The van der Waals surface area contributed by atoms with Gasteiger partial charge >= 0.3 is 12.1 Å². The SMILES string of the molecule is O=C(CNC(=O)OCc1ccccc1)Nc1cnc(Oc2ccccc2F)nc1. The molecular formula is C20H17FN4O4. The maximum atomic E-state index is 13.5. The highest BCUT2D eigenvalue weighted by atomic mass is 19.1. The summed E-state index contributed by atoms with van der Waals surface area (Å²) >= 11 is 0. The molecule has 0 spiro atoms. The van der Waals surface area contributed by atoms with Crippen LogP contribution in [-0.2, 0) is 16.1 Å². The first-order valence-corrected chi connectivity index (χ1v) is 8.59. The van der Waals surface area contributed by atoms with Crippen LogP contribution in [0, 0.1) is 5.82 Å². The first-order valence-electron chi connectivity index (χ1n) is 8.59. The summed E-state index contributed by atoms with van der Waals surface area (Å²) in [6.45, 7) is -0.188. The summed E-state index contributed by atoms with van der Waals surface area (Å²) in [5.41, 5.74) is 1.12. The normalized spacial score (nSPS) is 10.1. The third kappa shape index (κ3) is 6.28. The zero-order valence-corrected chi connectivity index (χ0v) is 15.2. The monoisotopic (exact) mass is 396 g/mol. The van der Waals surface area contributed by atoms with E-state index in [1.165, 1.54) is 30.6 Å². The van der Waals surface area contributed by atoms with Gasteiger partial charge in [0.25, 0.3) is 0 Å². The van der Waals surface area contributed by atoms with Crippen molar-refractivity contribution in [1.82, 2.24) is 15.3 Å². The average molecular weight is 396 g/mol. The Bertz CT molecular complexity index is 968. The molecule has 1 aromatic heterocycles. The molecule has 3 rings (SSSR count). The molecule has 1 heterocycles. The Kier molecular flexibility index (Phi) is 6.66. The highest BCUT2D eigenvalue weighted by molar-refractivity contribution is 5.93. The quantitative estimate of drug-likeness (QED) is 0.635. The van der Waals surface area contributed by atoms with Crippen LogP contribution in [0.4, 0.5) is 14.9 Å². The van der Waals surface area contributed by atoms with Gasteiger partial charge < -0.3 is 20.1 Å². The van der Waals surface area contributed by atoms with Gasteiger partial charge in [0.1, 0.15) is 13.2 Å². The van der Waals surface area contributed by atoms with E-state index >= 15 is 0 Å². The van der Waals surface area contributed by atoms with Gasteiger partial charge in [-0.2, -0.15) is 0 Å². The number of para-hydroxylation sites is 1. The summed E-state index contributed by atoms with van der Waals surface area (Å²) in [5, 5.41) is 4.85. The molecule has 8 nitrogen and oxygen atoms in total. The standard InChI is InChI=1S/C20H17FN4O4/c21-16-8-4-5-9-17(16)29-19-22-10-15(11-23-19)25-18(26)12-24-20(27)28-13-14-6-2-1-3-7-14/h1-11H,12-13H2,(H,24,27)(H,25,26). The zero-order chi connectivity index (χ0) is 20.5. The molecule has 148 valence electrons. The highest BCUT2D eigenvalue weighted by Gasteiger charge is 2.09. The minimum absolute atomic E-state index is 0.0116. The van der Waals surface area contributed by atoms with Crippen LogP contribution in [0.15, 0.2) is 67.0 Å². The fourth-order valence-electron chi connectivity index (χ4n) is 2.19. The number of aromatic nitrogens is 2. The molecule has 0 unspecified atom stereocenters. The fraction of sp³-hybridized carbons (Fsp3) is 0.100. The number of amides is 2. The number of ether oxygens (including phenoxy) is 2. The highest BCUT2D eigenvalue weighted by Crippen LogP contribution is 2.21. The molecule has 0 aliphatic carbocycles. The molecule has 0 saturated carbocycles. The van der Waals surface area contributed by atoms with Gasteiger partial charge in [-0.15, -0.1) is 0 Å². The van der Waals surface area contributed by atoms with Crippen LogP contribution in [-0.4, -0.2) is 28.5 Å². The van der Waals surface area contributed by atoms with Gasteiger partial charge in [0, 0.05) is 0 Å². The summed E-state index contributed by atoms with van der Waals surface area (Å²) in [7, 11) is 0. The van der Waals surface area contributed by atoms with E-state index in [0.717, 1.165) is 5.56 Å². The van der Waals surface area contributed by atoms with E-state index in [1.54, 1.807) is 6.07 Å². The molecule has 9 heteroatoms. The Labute approximate surface area is 165 Å². The van der Waals surface area contributed by atoms with Crippen molar-refractivity contribution >= 4 is 17.7 Å². The topological polar surface area (TPSA) is 102 Å². The average Bonchev–Trinajstić information content (AvgIpc) is 2.74. The summed E-state index contributed by atoms with van der Waals surface area (Å²) < 4.78 is 23.8. The Balaban J connectivity index is 1.42. The van der Waals surface area contributed by atoms with E-state index < -0.39 is 17.8 Å². The molecule has 0 radical (unpaired) electrons. The van der Waals surface area contributed by atoms with E-state index in [2.05, 4.69) is 20.6 Å². The lowest BCUT2D eigenvalue weighted by Gasteiger charge is -2.08. The summed E-state index contributed by atoms with van der Waals surface area (Å²) in [4.78, 5) is 31.3. The minimum atomic E-state index is -0.714. The molecule has 0 aliphatic rings. The van der Waals surface area contributed by atoms with Crippen LogP contribution in [0.3, 0.4) is 0 Å². The van der Waals surface area contributed by atoms with Crippen LogP contribution in [0.5, 0.6) is 11.8 Å². The van der Waals surface area contributed by atoms with Gasteiger partial charge in [-0.1, -0.05) is 42.5 Å². The number of anilines is 1. The van der Waals surface area contributed by atoms with E-state index in [-0.39, 0.29) is 30.6 Å². The number of alkyl carbamates (subject to hydrolysis) is 1. The lowest BCUT2D eigenvalue weighted by molar-refractivity contribution is -0.115. The number of carbonyl (C=O) groups excluding carboxylic acids is 2. The summed E-state index contributed by atoms with van der Waals surface area (Å²) in [6.07, 6.45) is 1.89. The third-order valence-electron chi connectivity index (χ3n) is 3.56. The van der Waals surface area contributed by atoms with Crippen LogP contribution in [0.25, 0.3) is 0 Å². The second kappa shape index (κ2) is 9.79. The Morgan fingerprint density at radius 2 is 1.66 bits per heavy atom. The number of hydrogen-bond acceptors (Lipinski definition) is 6. The number of hydrogen-bond donors (Lipinski definition) is 2. The van der Waals surface area contributed by atoms with Crippen molar-refractivity contribution in [2.45, 2.75) is 6.61 Å². The Hall–Kier alpha value is -4.01. The molecule has 0 fully saturated rings. The van der Waals surface area contributed by atoms with E-state index in [4.69, 9.17) is 9.47 Å². The molecule has 3 aromatic rings. The predicted octanol–water partition coefficient (Wildman–Crippen LogP) is 3.27. The van der Waals surface area contributed by atoms with Crippen LogP contribution >= 0.6 is 0 Å². The van der Waals surface area contributed by atoms with Crippen molar-refractivity contribution in [1.29, 1.82) is 0 Å². The maximum Gasteiger partial charge on any atom is 0.407 e. The van der Waals surface area contributed by atoms with Crippen LogP contribution in [0.1, 0.15) is 5.56 Å². The number of carbonyl (C=O) groups is 2. The molecule has 2 N–H and O–H groups in total. The van der Waals surface area contributed by atoms with Crippen molar-refractivity contribution in [3.63, 3.8) is 0 Å². The van der Waals surface area contributed by atoms with E-state index in [0.29, 0.717) is 0 Å². The smallest absolute Gasteiger partial charge is 0.407 e. The van der Waals surface area contributed by atoms with Crippen molar-refractivity contribution in [2.24, 2.45) is 0 Å². The molecule has 0 bridgehead atoms. The predicted molar refractivity (Wildman–Crippen MR) is 102 cm³/mol. The van der Waals surface area contributed by atoms with Gasteiger partial charge in [0.15, 0.2) is 11.6 Å². The largest absolute Gasteiger partial charge is 0.445 e. The van der Waals surface area contributed by atoms with E-state index in [9.17, 15) is 14.0 Å². The van der Waals surface area contributed by atoms with Gasteiger partial charge in [-0.25, -0.2) is 19.2 Å². The van der Waals surface area contributed by atoms with Crippen LogP contribution in [0.2, 0.25) is 0 Å². The van der Waals surface area contributed by atoms with Gasteiger partial charge in [-0.05, 0) is 17.7 Å². The Morgan fingerprint density at radius 3 is 2.38 bits per heavy atom. The number of halogens is 1. The third-order valence-corrected chi connectivity index (χ3v) is 3.56. The Morgan fingerprint density at radius 1 is 0.966 bits per heavy atom. The van der Waals surface area contributed by atoms with E-state index in [1.807, 2.05) is 30.3 Å². The fourth-order valence-corrected chi connectivity index (χ4v) is 2.19. The first-order chi connectivity index (χ1) is 14.1. The van der Waals surface area contributed by atoms with Gasteiger partial charge in [-0.3, -0.25) is 4.79 Å². The summed E-state index contributed by atoms with van der Waals surface area (Å²) in [5.74, 6) is -1.05. The number of benzene rings is 2. The van der Waals surface area contributed by atoms with Crippen molar-refractivity contribution < 1.29 is 23.5 Å². The van der Waals surface area contributed by atoms with Gasteiger partial charge in [0.2, 0.25) is 5.91 Å². The number of nitrogens with one attached hydrogen (secondary N) is 2. The zero-order valence-electron chi connectivity index (χ0n) is 15.2. The molecule has 0 atom stereocenters. The molecule has 0 aliphatic heterocycles. The second-order valence-electron chi connectivity index (χ2n) is 5.75. The molecule has 0 saturated heterocycles. The maximum absolute atomic E-state index is 13.5. The van der Waals surface area contributed by atoms with Crippen LogP contribution < -0.4 is 15.4 Å². The molecule has 2 aromatic carbocycles. The van der Waals surface area contributed by atoms with Crippen molar-refractivity contribution in [3.05, 3.63) is 78.4 Å².